The molecule has 4 N–H and O–H groups in total. The number of carbonyl (C=O) groups excluding carboxylic acids is 1. The van der Waals surface area contributed by atoms with Crippen LogP contribution in [0, 0.1) is 44.8 Å². The zero-order valence-corrected chi connectivity index (χ0v) is 30.3. The lowest BCUT2D eigenvalue weighted by Gasteiger charge is -2.64. The van der Waals surface area contributed by atoms with E-state index < -0.39 is 34.9 Å². The Morgan fingerprint density at radius 2 is 1.68 bits per heavy atom. The van der Waals surface area contributed by atoms with Gasteiger partial charge >= 0.3 is 5.97 Å². The monoisotopic (exact) mass is 671 g/mol. The Balaban J connectivity index is 1.12. The van der Waals surface area contributed by atoms with Crippen molar-refractivity contribution in [3.63, 3.8) is 0 Å². The molecule has 6 fully saturated rings. The molecular formula is C39H58ClNO6. The highest BCUT2D eigenvalue weighted by Crippen LogP contribution is 2.89. The molecule has 1 heterocycles. The van der Waals surface area contributed by atoms with Crippen molar-refractivity contribution in [1.82, 2.24) is 4.84 Å². The van der Waals surface area contributed by atoms with Gasteiger partial charge in [-0.1, -0.05) is 58.0 Å². The van der Waals surface area contributed by atoms with Crippen molar-refractivity contribution in [1.29, 1.82) is 0 Å². The standard InChI is InChI=1S/C39H58ClNO6/c1-33(2)28(46-32(44)24(41-40)19-23-11-9-8-10-12-23)14-16-39-22-38(39)18-17-35(5)31(37(7)15-13-29(47-37)34(3,4)45)26(43)21-36(35,6)27(38)20-25(42)30(33)39/h8-12,24-31,41-43,45H,13-22H2,1-7H3/t24-,25+,26+,27?,28+,29+,30+,31+,35-,36+,37-,38?,39-/m1/s1. The van der Waals surface area contributed by atoms with E-state index in [0.717, 1.165) is 56.9 Å². The Morgan fingerprint density at radius 1 is 0.979 bits per heavy atom. The minimum atomic E-state index is -0.922. The van der Waals surface area contributed by atoms with Crippen molar-refractivity contribution < 1.29 is 29.6 Å². The van der Waals surface area contributed by atoms with Crippen LogP contribution >= 0.6 is 11.8 Å². The van der Waals surface area contributed by atoms with Crippen molar-refractivity contribution in [2.24, 2.45) is 44.8 Å². The molecule has 1 aliphatic heterocycles. The Bertz CT molecular complexity index is 1380. The van der Waals surface area contributed by atoms with Crippen molar-refractivity contribution in [2.45, 2.75) is 154 Å². The largest absolute Gasteiger partial charge is 0.461 e. The molecule has 6 aliphatic rings. The highest BCUT2D eigenvalue weighted by Gasteiger charge is 2.85. The van der Waals surface area contributed by atoms with Gasteiger partial charge < -0.3 is 24.8 Å². The van der Waals surface area contributed by atoms with Crippen LogP contribution in [0.2, 0.25) is 0 Å². The molecule has 7 rings (SSSR count). The molecule has 1 saturated heterocycles. The zero-order valence-electron chi connectivity index (χ0n) is 29.5. The fourth-order valence-electron chi connectivity index (χ4n) is 13.6. The summed E-state index contributed by atoms with van der Waals surface area (Å²) in [6.45, 7) is 15.0. The maximum atomic E-state index is 13.5. The lowest BCUT2D eigenvalue weighted by Crippen LogP contribution is -2.62. The van der Waals surface area contributed by atoms with E-state index in [4.69, 9.17) is 21.3 Å². The number of benzene rings is 1. The second-order valence-electron chi connectivity index (χ2n) is 18.7. The average molecular weight is 672 g/mol. The molecule has 1 aromatic carbocycles. The second-order valence-corrected chi connectivity index (χ2v) is 18.9. The quantitative estimate of drug-likeness (QED) is 0.198. The number of ether oxygens (including phenoxy) is 2. The van der Waals surface area contributed by atoms with E-state index in [-0.39, 0.29) is 51.7 Å². The molecule has 5 aliphatic carbocycles. The van der Waals surface area contributed by atoms with Crippen LogP contribution in [0.15, 0.2) is 30.3 Å². The van der Waals surface area contributed by atoms with E-state index >= 15 is 0 Å². The summed E-state index contributed by atoms with van der Waals surface area (Å²) in [6, 6.07) is 9.18. The highest BCUT2D eigenvalue weighted by atomic mass is 35.5. The number of carbonyl (C=O) groups is 1. The molecule has 0 bridgehead atoms. The van der Waals surface area contributed by atoms with Gasteiger partial charge in [0.05, 0.1) is 29.5 Å². The summed E-state index contributed by atoms with van der Waals surface area (Å²) >= 11 is 6.08. The van der Waals surface area contributed by atoms with Gasteiger partial charge in [0.25, 0.3) is 0 Å². The third-order valence-electron chi connectivity index (χ3n) is 15.7. The number of hydrogen-bond donors (Lipinski definition) is 4. The summed E-state index contributed by atoms with van der Waals surface area (Å²) in [6.07, 6.45) is 6.92. The SMILES string of the molecule is CC(C)(O)[C@@H]1CC[C@](C)([C@H]2[C@@H](O)C[C@@]3(C)C4C[C@H](O)[C@H]5C(C)(C)[C@@H](OC(=O)[C@@H](Cc6ccccc6)NCl)CC[C@@]56CC46CC[C@]23C)O1. The number of hydrogen-bond acceptors (Lipinski definition) is 7. The van der Waals surface area contributed by atoms with Crippen molar-refractivity contribution in [2.75, 3.05) is 0 Å². The van der Waals surface area contributed by atoms with Crippen LogP contribution in [0.4, 0.5) is 0 Å². The molecular weight excluding hydrogens is 614 g/mol. The molecule has 1 aromatic rings. The van der Waals surface area contributed by atoms with Gasteiger partial charge in [-0.25, -0.2) is 4.84 Å². The van der Waals surface area contributed by atoms with Crippen LogP contribution in [0.1, 0.15) is 112 Å². The fourth-order valence-corrected chi connectivity index (χ4v) is 13.7. The second kappa shape index (κ2) is 10.9. The minimum absolute atomic E-state index is 0.0169. The first-order valence-corrected chi connectivity index (χ1v) is 18.6. The van der Waals surface area contributed by atoms with Gasteiger partial charge in [-0.2, -0.15) is 0 Å². The molecule has 5 saturated carbocycles. The van der Waals surface area contributed by atoms with E-state index in [1.165, 1.54) is 0 Å². The number of fused-ring (bicyclic) bond motifs is 2. The first-order valence-electron chi connectivity index (χ1n) is 18.3. The predicted octanol–water partition coefficient (Wildman–Crippen LogP) is 6.34. The Hall–Kier alpha value is -1.22. The summed E-state index contributed by atoms with van der Waals surface area (Å²) < 4.78 is 13.0. The molecule has 8 heteroatoms. The fraction of sp³-hybridized carbons (Fsp3) is 0.821. The number of rotatable bonds is 7. The number of esters is 1. The Morgan fingerprint density at radius 3 is 2.32 bits per heavy atom. The maximum Gasteiger partial charge on any atom is 0.325 e. The summed E-state index contributed by atoms with van der Waals surface area (Å²) in [5, 5.41) is 35.0. The lowest BCUT2D eigenvalue weighted by molar-refractivity contribution is -0.218. The van der Waals surface area contributed by atoms with E-state index in [1.54, 1.807) is 0 Å². The van der Waals surface area contributed by atoms with E-state index in [9.17, 15) is 20.1 Å². The smallest absolute Gasteiger partial charge is 0.325 e. The topological polar surface area (TPSA) is 108 Å². The highest BCUT2D eigenvalue weighted by molar-refractivity contribution is 6.14. The van der Waals surface area contributed by atoms with Crippen LogP contribution < -0.4 is 4.84 Å². The number of nitrogens with one attached hydrogen (secondary N) is 1. The molecule has 0 amide bonds. The summed E-state index contributed by atoms with van der Waals surface area (Å²) in [5.74, 6) is -0.0267. The van der Waals surface area contributed by atoms with Gasteiger partial charge in [0.15, 0.2) is 0 Å². The van der Waals surface area contributed by atoms with Gasteiger partial charge in [-0.3, -0.25) is 4.79 Å². The first kappa shape index (κ1) is 34.2. The third kappa shape index (κ3) is 4.72. The molecule has 2 spiro atoms. The Labute approximate surface area is 286 Å². The van der Waals surface area contributed by atoms with Crippen molar-refractivity contribution in [3.8, 4) is 0 Å². The van der Waals surface area contributed by atoms with Gasteiger partial charge in [-0.05, 0) is 136 Å². The van der Waals surface area contributed by atoms with Crippen LogP contribution in [-0.4, -0.2) is 62.9 Å². The van der Waals surface area contributed by atoms with E-state index in [0.29, 0.717) is 18.8 Å². The van der Waals surface area contributed by atoms with Crippen molar-refractivity contribution >= 4 is 17.7 Å². The number of halogens is 1. The molecule has 13 atom stereocenters. The predicted molar refractivity (Wildman–Crippen MR) is 181 cm³/mol. The molecule has 0 radical (unpaired) electrons. The minimum Gasteiger partial charge on any atom is -0.461 e. The average Bonchev–Trinajstić information content (AvgIpc) is 3.34. The summed E-state index contributed by atoms with van der Waals surface area (Å²) in [4.78, 5) is 16.1. The van der Waals surface area contributed by atoms with Crippen LogP contribution in [0.25, 0.3) is 0 Å². The van der Waals surface area contributed by atoms with Gasteiger partial charge in [0, 0.05) is 11.3 Å². The van der Waals surface area contributed by atoms with E-state index in [1.807, 2.05) is 44.2 Å². The zero-order chi connectivity index (χ0) is 34.0. The third-order valence-corrected chi connectivity index (χ3v) is 16.0. The normalized spacial score (nSPS) is 48.9. The first-order chi connectivity index (χ1) is 21.9. The van der Waals surface area contributed by atoms with E-state index in [2.05, 4.69) is 39.5 Å². The van der Waals surface area contributed by atoms with Gasteiger partial charge in [0.2, 0.25) is 0 Å². The number of aliphatic hydroxyl groups excluding tert-OH is 2. The van der Waals surface area contributed by atoms with Crippen LogP contribution in [0.3, 0.4) is 0 Å². The molecule has 2 unspecified atom stereocenters. The number of aliphatic hydroxyl groups is 3. The van der Waals surface area contributed by atoms with Crippen molar-refractivity contribution in [3.05, 3.63) is 35.9 Å². The summed E-state index contributed by atoms with van der Waals surface area (Å²) in [7, 11) is 0. The Kier molecular flexibility index (Phi) is 7.93. The lowest BCUT2D eigenvalue weighted by atomic mass is 9.41. The molecule has 7 nitrogen and oxygen atoms in total. The van der Waals surface area contributed by atoms with Gasteiger partial charge in [-0.15, -0.1) is 0 Å². The molecule has 0 aromatic heterocycles. The van der Waals surface area contributed by atoms with Gasteiger partial charge in [0.1, 0.15) is 12.1 Å². The van der Waals surface area contributed by atoms with Crippen LogP contribution in [-0.2, 0) is 20.7 Å². The molecule has 47 heavy (non-hydrogen) atoms. The summed E-state index contributed by atoms with van der Waals surface area (Å²) in [5.41, 5.74) is -0.953. The van der Waals surface area contributed by atoms with Crippen LogP contribution in [0.5, 0.6) is 0 Å². The maximum absolute atomic E-state index is 13.5. The molecule has 262 valence electrons.